The van der Waals surface area contributed by atoms with Crippen LogP contribution in [-0.4, -0.2) is 43.7 Å². The quantitative estimate of drug-likeness (QED) is 0.733. The highest BCUT2D eigenvalue weighted by molar-refractivity contribution is 4.83. The molecule has 18 heavy (non-hydrogen) atoms. The van der Waals surface area contributed by atoms with Crippen molar-refractivity contribution in [2.24, 2.45) is 11.7 Å². The molecule has 3 atom stereocenters. The molecule has 3 heteroatoms. The molecule has 1 aliphatic carbocycles. The minimum absolute atomic E-state index is 0.419. The van der Waals surface area contributed by atoms with E-state index in [0.29, 0.717) is 18.1 Å². The Labute approximate surface area is 113 Å². The largest absolute Gasteiger partial charge is 0.328 e. The Morgan fingerprint density at radius 2 is 1.89 bits per heavy atom. The molecule has 1 fully saturated rings. The van der Waals surface area contributed by atoms with Gasteiger partial charge in [-0.05, 0) is 39.3 Å². The molecule has 1 saturated carbocycles. The summed E-state index contributed by atoms with van der Waals surface area (Å²) in [5.74, 6) is 0.796. The van der Waals surface area contributed by atoms with Crippen LogP contribution in [0.25, 0.3) is 0 Å². The zero-order valence-electron chi connectivity index (χ0n) is 12.8. The molecule has 1 rings (SSSR count). The highest BCUT2D eigenvalue weighted by Crippen LogP contribution is 2.19. The van der Waals surface area contributed by atoms with Crippen LogP contribution < -0.4 is 11.1 Å². The fourth-order valence-electron chi connectivity index (χ4n) is 3.30. The summed E-state index contributed by atoms with van der Waals surface area (Å²) in [5, 5.41) is 3.76. The van der Waals surface area contributed by atoms with E-state index in [1.165, 1.54) is 32.1 Å². The number of rotatable bonds is 7. The maximum atomic E-state index is 6.05. The van der Waals surface area contributed by atoms with Crippen LogP contribution in [0.4, 0.5) is 0 Å². The molecule has 0 heterocycles. The molecule has 0 aromatic heterocycles. The molecule has 0 aromatic carbocycles. The lowest BCUT2D eigenvalue weighted by molar-refractivity contribution is 0.183. The maximum absolute atomic E-state index is 6.05. The summed E-state index contributed by atoms with van der Waals surface area (Å²) in [4.78, 5) is 2.38. The Hall–Kier alpha value is -0.120. The lowest BCUT2D eigenvalue weighted by Crippen LogP contribution is -2.48. The lowest BCUT2D eigenvalue weighted by Gasteiger charge is -2.35. The zero-order chi connectivity index (χ0) is 13.5. The molecule has 0 aliphatic heterocycles. The van der Waals surface area contributed by atoms with Crippen molar-refractivity contribution in [3.05, 3.63) is 0 Å². The van der Waals surface area contributed by atoms with Crippen LogP contribution in [0.1, 0.15) is 52.4 Å². The Kier molecular flexibility index (Phi) is 7.20. The Balaban J connectivity index is 2.41. The predicted molar refractivity (Wildman–Crippen MR) is 79.8 cm³/mol. The van der Waals surface area contributed by atoms with Crippen molar-refractivity contribution >= 4 is 0 Å². The van der Waals surface area contributed by atoms with Crippen molar-refractivity contribution in [2.45, 2.75) is 70.5 Å². The smallest absolute Gasteiger partial charge is 0.0242 e. The molecular formula is C15H33N3. The van der Waals surface area contributed by atoms with Gasteiger partial charge in [0.25, 0.3) is 0 Å². The van der Waals surface area contributed by atoms with E-state index in [1.54, 1.807) is 0 Å². The Bertz CT molecular complexity index is 214. The van der Waals surface area contributed by atoms with Gasteiger partial charge in [-0.3, -0.25) is 0 Å². The SMILES string of the molecule is CCC(CC)C(CNC1CCCC(N)C1)N(C)C. The Morgan fingerprint density at radius 1 is 1.22 bits per heavy atom. The molecule has 3 N–H and O–H groups in total. The van der Waals surface area contributed by atoms with Gasteiger partial charge in [-0.15, -0.1) is 0 Å². The standard InChI is InChI=1S/C15H33N3/c1-5-12(6-2)15(18(3)4)11-17-14-9-7-8-13(16)10-14/h12-15,17H,5-11,16H2,1-4H3. The van der Waals surface area contributed by atoms with Crippen LogP contribution in [0, 0.1) is 5.92 Å². The molecule has 1 aliphatic rings. The molecule has 108 valence electrons. The molecule has 0 saturated heterocycles. The number of hydrogen-bond donors (Lipinski definition) is 2. The molecule has 0 radical (unpaired) electrons. The molecule has 0 spiro atoms. The van der Waals surface area contributed by atoms with Gasteiger partial charge >= 0.3 is 0 Å². The minimum atomic E-state index is 0.419. The Morgan fingerprint density at radius 3 is 2.39 bits per heavy atom. The van der Waals surface area contributed by atoms with Crippen LogP contribution >= 0.6 is 0 Å². The monoisotopic (exact) mass is 255 g/mol. The van der Waals surface area contributed by atoms with Gasteiger partial charge < -0.3 is 16.0 Å². The third-order valence-electron chi connectivity index (χ3n) is 4.59. The topological polar surface area (TPSA) is 41.3 Å². The van der Waals surface area contributed by atoms with Crippen LogP contribution in [0.15, 0.2) is 0 Å². The summed E-state index contributed by atoms with van der Waals surface area (Å²) in [7, 11) is 4.41. The van der Waals surface area contributed by atoms with E-state index in [9.17, 15) is 0 Å². The second-order valence-corrected chi connectivity index (χ2v) is 6.14. The summed E-state index contributed by atoms with van der Waals surface area (Å²) in [5.41, 5.74) is 6.05. The van der Waals surface area contributed by atoms with Crippen LogP contribution in [-0.2, 0) is 0 Å². The van der Waals surface area contributed by atoms with E-state index in [0.717, 1.165) is 18.9 Å². The fourth-order valence-corrected chi connectivity index (χ4v) is 3.30. The number of nitrogens with two attached hydrogens (primary N) is 1. The molecule has 3 unspecified atom stereocenters. The van der Waals surface area contributed by atoms with Gasteiger partial charge in [0.15, 0.2) is 0 Å². The van der Waals surface area contributed by atoms with Gasteiger partial charge in [0.2, 0.25) is 0 Å². The average Bonchev–Trinajstić information content (AvgIpc) is 2.34. The van der Waals surface area contributed by atoms with Gasteiger partial charge in [-0.2, -0.15) is 0 Å². The average molecular weight is 255 g/mol. The molecule has 0 bridgehead atoms. The van der Waals surface area contributed by atoms with E-state index >= 15 is 0 Å². The molecule has 0 aromatic rings. The fraction of sp³-hybridized carbons (Fsp3) is 1.00. The molecule has 3 nitrogen and oxygen atoms in total. The van der Waals surface area contributed by atoms with E-state index in [4.69, 9.17) is 5.73 Å². The van der Waals surface area contributed by atoms with Crippen molar-refractivity contribution in [1.82, 2.24) is 10.2 Å². The van der Waals surface area contributed by atoms with Crippen molar-refractivity contribution in [3.63, 3.8) is 0 Å². The van der Waals surface area contributed by atoms with Gasteiger partial charge in [-0.25, -0.2) is 0 Å². The molecule has 0 amide bonds. The lowest BCUT2D eigenvalue weighted by atomic mass is 9.90. The molecular weight excluding hydrogens is 222 g/mol. The van der Waals surface area contributed by atoms with Crippen molar-refractivity contribution in [3.8, 4) is 0 Å². The summed E-state index contributed by atoms with van der Waals surface area (Å²) in [6.45, 7) is 5.72. The van der Waals surface area contributed by atoms with Gasteiger partial charge in [0.1, 0.15) is 0 Å². The third-order valence-corrected chi connectivity index (χ3v) is 4.59. The van der Waals surface area contributed by atoms with Crippen molar-refractivity contribution in [1.29, 1.82) is 0 Å². The second-order valence-electron chi connectivity index (χ2n) is 6.14. The third kappa shape index (κ3) is 4.87. The summed E-state index contributed by atoms with van der Waals surface area (Å²) in [6, 6.07) is 1.71. The first kappa shape index (κ1) is 15.9. The zero-order valence-corrected chi connectivity index (χ0v) is 12.8. The van der Waals surface area contributed by atoms with Crippen LogP contribution in [0.5, 0.6) is 0 Å². The first-order valence-electron chi connectivity index (χ1n) is 7.73. The number of likely N-dealkylation sites (N-methyl/N-ethyl adjacent to an activating group) is 1. The predicted octanol–water partition coefficient (Wildman–Crippen LogP) is 2.21. The second kappa shape index (κ2) is 8.13. The van der Waals surface area contributed by atoms with E-state index in [1.807, 2.05) is 0 Å². The highest BCUT2D eigenvalue weighted by Gasteiger charge is 2.23. The van der Waals surface area contributed by atoms with Gasteiger partial charge in [0.05, 0.1) is 0 Å². The van der Waals surface area contributed by atoms with Crippen molar-refractivity contribution in [2.75, 3.05) is 20.6 Å². The van der Waals surface area contributed by atoms with Gasteiger partial charge in [-0.1, -0.05) is 33.1 Å². The first-order chi connectivity index (χ1) is 8.58. The number of nitrogens with zero attached hydrogens (tertiary/aromatic N) is 1. The summed E-state index contributed by atoms with van der Waals surface area (Å²) < 4.78 is 0. The number of hydrogen-bond acceptors (Lipinski definition) is 3. The summed E-state index contributed by atoms with van der Waals surface area (Å²) in [6.07, 6.45) is 7.49. The first-order valence-corrected chi connectivity index (χ1v) is 7.73. The normalized spacial score (nSPS) is 26.8. The van der Waals surface area contributed by atoms with E-state index < -0.39 is 0 Å². The highest BCUT2D eigenvalue weighted by atomic mass is 15.1. The van der Waals surface area contributed by atoms with Gasteiger partial charge in [0, 0.05) is 24.7 Å². The number of nitrogens with one attached hydrogen (secondary N) is 1. The van der Waals surface area contributed by atoms with Crippen molar-refractivity contribution < 1.29 is 0 Å². The minimum Gasteiger partial charge on any atom is -0.328 e. The summed E-state index contributed by atoms with van der Waals surface area (Å²) >= 11 is 0. The van der Waals surface area contributed by atoms with Crippen LogP contribution in [0.3, 0.4) is 0 Å². The maximum Gasteiger partial charge on any atom is 0.0242 e. The van der Waals surface area contributed by atoms with Crippen LogP contribution in [0.2, 0.25) is 0 Å². The van der Waals surface area contributed by atoms with E-state index in [2.05, 4.69) is 38.2 Å². The van der Waals surface area contributed by atoms with E-state index in [-0.39, 0.29) is 0 Å².